The predicted molar refractivity (Wildman–Crippen MR) is 138 cm³/mol. The first kappa shape index (κ1) is 28.1. The fourth-order valence-corrected chi connectivity index (χ4v) is 4.72. The molecule has 3 N–H and O–H groups in total. The van der Waals surface area contributed by atoms with Gasteiger partial charge in [0.1, 0.15) is 16.9 Å². The zero-order valence-electron chi connectivity index (χ0n) is 21.3. The Balaban J connectivity index is 1.71. The van der Waals surface area contributed by atoms with E-state index in [0.717, 1.165) is 5.56 Å². The molecule has 200 valence electrons. The van der Waals surface area contributed by atoms with Crippen molar-refractivity contribution in [3.05, 3.63) is 65.7 Å². The molecule has 3 rings (SSSR count). The van der Waals surface area contributed by atoms with Crippen LogP contribution in [0.1, 0.15) is 63.0 Å². The van der Waals surface area contributed by atoms with Gasteiger partial charge in [-0.2, -0.15) is 8.42 Å². The molecule has 1 saturated heterocycles. The summed E-state index contributed by atoms with van der Waals surface area (Å²) in [4.78, 5) is 40.2. The summed E-state index contributed by atoms with van der Waals surface area (Å²) in [6.45, 7) is 6.25. The molecule has 0 aromatic heterocycles. The highest BCUT2D eigenvalue weighted by molar-refractivity contribution is 7.86. The average Bonchev–Trinajstić information content (AvgIpc) is 3.27. The van der Waals surface area contributed by atoms with E-state index in [9.17, 15) is 27.4 Å². The number of hydrogen-bond acceptors (Lipinski definition) is 6. The molecule has 0 saturated carbocycles. The lowest BCUT2D eigenvalue weighted by atomic mass is 10.0. The van der Waals surface area contributed by atoms with Crippen molar-refractivity contribution in [1.82, 2.24) is 10.2 Å². The van der Waals surface area contributed by atoms with Crippen LogP contribution in [0.3, 0.4) is 0 Å². The molecule has 3 atom stereocenters. The number of anilines is 1. The van der Waals surface area contributed by atoms with E-state index in [-0.39, 0.29) is 18.3 Å². The van der Waals surface area contributed by atoms with Crippen LogP contribution >= 0.6 is 0 Å². The maximum atomic E-state index is 13.3. The number of ether oxygens (including phenoxy) is 1. The van der Waals surface area contributed by atoms with E-state index in [0.29, 0.717) is 18.4 Å². The van der Waals surface area contributed by atoms with E-state index in [2.05, 4.69) is 10.6 Å². The molecular formula is C26H33N3O7S. The summed E-state index contributed by atoms with van der Waals surface area (Å²) in [5.74, 6) is -0.931. The lowest BCUT2D eigenvalue weighted by Gasteiger charge is -2.31. The fourth-order valence-electron chi connectivity index (χ4n) is 4.23. The van der Waals surface area contributed by atoms with Crippen molar-refractivity contribution in [2.24, 2.45) is 0 Å². The molecule has 1 aliphatic heterocycles. The Morgan fingerprint density at radius 2 is 1.76 bits per heavy atom. The predicted octanol–water partition coefficient (Wildman–Crippen LogP) is 3.83. The Bertz CT molecular complexity index is 1240. The first-order valence-electron chi connectivity index (χ1n) is 12.0. The standard InChI is InChI=1S/C26H33N3O7S/c1-17(37(33,34)35)19-11-8-12-20(15-19)28-25(32)27-16-23(30)29-21(18-9-6-5-7-10-18)13-14-22(29)24(31)36-26(2,3)4/h5-12,15,17,21-22H,13-14,16H2,1-4H3,(H2,27,28,32)(H,33,34,35). The molecule has 0 spiro atoms. The monoisotopic (exact) mass is 531 g/mol. The van der Waals surface area contributed by atoms with Gasteiger partial charge >= 0.3 is 12.0 Å². The summed E-state index contributed by atoms with van der Waals surface area (Å²) in [7, 11) is -4.30. The number of nitrogens with zero attached hydrogens (tertiary/aromatic N) is 1. The van der Waals surface area contributed by atoms with Gasteiger partial charge in [-0.3, -0.25) is 9.35 Å². The van der Waals surface area contributed by atoms with Crippen molar-refractivity contribution in [2.45, 2.75) is 63.5 Å². The smallest absolute Gasteiger partial charge is 0.329 e. The maximum Gasteiger partial charge on any atom is 0.329 e. The summed E-state index contributed by atoms with van der Waals surface area (Å²) in [6, 6.07) is 13.6. The maximum absolute atomic E-state index is 13.3. The molecule has 10 nitrogen and oxygen atoms in total. The van der Waals surface area contributed by atoms with E-state index < -0.39 is 44.9 Å². The van der Waals surface area contributed by atoms with Crippen molar-refractivity contribution in [1.29, 1.82) is 0 Å². The molecule has 11 heteroatoms. The van der Waals surface area contributed by atoms with Crippen LogP contribution in [0.15, 0.2) is 54.6 Å². The van der Waals surface area contributed by atoms with Gasteiger partial charge in [-0.05, 0) is 63.8 Å². The van der Waals surface area contributed by atoms with E-state index in [1.807, 2.05) is 30.3 Å². The van der Waals surface area contributed by atoms with Crippen LogP contribution in [-0.2, 0) is 24.4 Å². The summed E-state index contributed by atoms with van der Waals surface area (Å²) in [6.07, 6.45) is 1.01. The van der Waals surface area contributed by atoms with Crippen LogP contribution in [0, 0.1) is 0 Å². The number of carbonyl (C=O) groups excluding carboxylic acids is 3. The van der Waals surface area contributed by atoms with Gasteiger partial charge in [0, 0.05) is 5.69 Å². The van der Waals surface area contributed by atoms with Crippen LogP contribution in [0.5, 0.6) is 0 Å². The normalized spacial score (nSPS) is 18.7. The fraction of sp³-hybridized carbons (Fsp3) is 0.423. The Morgan fingerprint density at radius 3 is 2.38 bits per heavy atom. The van der Waals surface area contributed by atoms with Gasteiger partial charge in [0.2, 0.25) is 5.91 Å². The van der Waals surface area contributed by atoms with Crippen molar-refractivity contribution < 1.29 is 32.1 Å². The molecular weight excluding hydrogens is 498 g/mol. The van der Waals surface area contributed by atoms with Crippen molar-refractivity contribution in [3.63, 3.8) is 0 Å². The molecule has 3 unspecified atom stereocenters. The third-order valence-corrected chi connectivity index (χ3v) is 7.16. The van der Waals surface area contributed by atoms with Gasteiger partial charge in [-0.15, -0.1) is 0 Å². The van der Waals surface area contributed by atoms with Crippen molar-refractivity contribution in [2.75, 3.05) is 11.9 Å². The summed E-state index contributed by atoms with van der Waals surface area (Å²) >= 11 is 0. The van der Waals surface area contributed by atoms with E-state index in [4.69, 9.17) is 4.74 Å². The molecule has 2 aromatic rings. The summed E-state index contributed by atoms with van der Waals surface area (Å²) in [5.41, 5.74) is 0.749. The lowest BCUT2D eigenvalue weighted by molar-refractivity contribution is -0.164. The summed E-state index contributed by atoms with van der Waals surface area (Å²) in [5, 5.41) is 3.89. The first-order valence-corrected chi connectivity index (χ1v) is 13.5. The van der Waals surface area contributed by atoms with Crippen LogP contribution in [0.25, 0.3) is 0 Å². The minimum Gasteiger partial charge on any atom is -0.458 e. The lowest BCUT2D eigenvalue weighted by Crippen LogP contribution is -2.48. The minimum atomic E-state index is -4.30. The van der Waals surface area contributed by atoms with Crippen LogP contribution < -0.4 is 10.6 Å². The first-order chi connectivity index (χ1) is 17.3. The molecule has 0 radical (unpaired) electrons. The highest BCUT2D eigenvalue weighted by Gasteiger charge is 2.43. The Morgan fingerprint density at radius 1 is 1.08 bits per heavy atom. The zero-order valence-corrected chi connectivity index (χ0v) is 22.1. The number of carbonyl (C=O) groups is 3. The Labute approximate surface area is 217 Å². The highest BCUT2D eigenvalue weighted by atomic mass is 32.2. The minimum absolute atomic E-state index is 0.285. The number of rotatable bonds is 7. The summed E-state index contributed by atoms with van der Waals surface area (Å²) < 4.78 is 37.7. The second-order valence-electron chi connectivity index (χ2n) is 9.94. The van der Waals surface area contributed by atoms with Crippen LogP contribution in [0.2, 0.25) is 0 Å². The number of urea groups is 1. The van der Waals surface area contributed by atoms with E-state index in [1.54, 1.807) is 26.8 Å². The third-order valence-electron chi connectivity index (χ3n) is 6.00. The Hall–Kier alpha value is -3.44. The molecule has 2 aromatic carbocycles. The van der Waals surface area contributed by atoms with Gasteiger partial charge in [0.25, 0.3) is 10.1 Å². The highest BCUT2D eigenvalue weighted by Crippen LogP contribution is 2.37. The molecule has 0 bridgehead atoms. The van der Waals surface area contributed by atoms with Gasteiger partial charge in [0.15, 0.2) is 0 Å². The number of hydrogen-bond donors (Lipinski definition) is 3. The molecule has 0 aliphatic carbocycles. The number of benzene rings is 2. The van der Waals surface area contributed by atoms with Gasteiger partial charge in [0.05, 0.1) is 12.6 Å². The molecule has 3 amide bonds. The van der Waals surface area contributed by atoms with E-state index >= 15 is 0 Å². The van der Waals surface area contributed by atoms with Gasteiger partial charge < -0.3 is 20.3 Å². The second-order valence-corrected chi connectivity index (χ2v) is 11.7. The topological polar surface area (TPSA) is 142 Å². The molecule has 1 heterocycles. The largest absolute Gasteiger partial charge is 0.458 e. The third kappa shape index (κ3) is 7.53. The average molecular weight is 532 g/mol. The number of likely N-dealkylation sites (tertiary alicyclic amines) is 1. The number of esters is 1. The quantitative estimate of drug-likeness (QED) is 0.364. The molecule has 1 fully saturated rings. The van der Waals surface area contributed by atoms with Crippen LogP contribution in [-0.4, -0.2) is 54.0 Å². The van der Waals surface area contributed by atoms with Gasteiger partial charge in [-0.1, -0.05) is 42.5 Å². The Kier molecular flexibility index (Phi) is 8.60. The number of amides is 3. The van der Waals surface area contributed by atoms with Crippen molar-refractivity contribution in [3.8, 4) is 0 Å². The zero-order chi connectivity index (χ0) is 27.4. The SMILES string of the molecule is CC(c1cccc(NC(=O)NCC(=O)N2C(C(=O)OC(C)(C)C)CCC2c2ccccc2)c1)S(=O)(=O)O. The number of nitrogens with one attached hydrogen (secondary N) is 2. The van der Waals surface area contributed by atoms with Crippen molar-refractivity contribution >= 4 is 33.7 Å². The van der Waals surface area contributed by atoms with E-state index in [1.165, 1.54) is 30.0 Å². The van der Waals surface area contributed by atoms with Crippen LogP contribution in [0.4, 0.5) is 10.5 Å². The molecule has 1 aliphatic rings. The van der Waals surface area contributed by atoms with Gasteiger partial charge in [-0.25, -0.2) is 9.59 Å². The second kappa shape index (κ2) is 11.3. The molecule has 37 heavy (non-hydrogen) atoms.